The molecule has 8 heteroatoms. The molecule has 0 aliphatic heterocycles. The second-order valence-electron chi connectivity index (χ2n) is 9.80. The number of rotatable bonds is 8. The Kier molecular flexibility index (Phi) is 9.55. The monoisotopic (exact) mass is 493 g/mol. The van der Waals surface area contributed by atoms with E-state index in [1.54, 1.807) is 45.0 Å². The molecule has 0 bridgehead atoms. The van der Waals surface area contributed by atoms with Crippen molar-refractivity contribution in [2.24, 2.45) is 4.99 Å². The van der Waals surface area contributed by atoms with E-state index in [1.165, 1.54) is 12.0 Å². The Morgan fingerprint density at radius 1 is 1.08 bits per heavy atom. The van der Waals surface area contributed by atoms with Gasteiger partial charge in [0.25, 0.3) is 0 Å². The van der Waals surface area contributed by atoms with Crippen LogP contribution in [0.1, 0.15) is 62.5 Å². The Morgan fingerprint density at radius 2 is 1.75 bits per heavy atom. The number of benzene rings is 2. The average Bonchev–Trinajstić information content (AvgIpc) is 2.80. The normalized spacial score (nSPS) is 13.2. The van der Waals surface area contributed by atoms with Gasteiger partial charge in [0.05, 0.1) is 24.8 Å². The third kappa shape index (κ3) is 8.37. The third-order valence-electron chi connectivity index (χ3n) is 5.14. The van der Waals surface area contributed by atoms with Crippen LogP contribution in [0.4, 0.5) is 4.79 Å². The van der Waals surface area contributed by atoms with E-state index >= 15 is 0 Å². The summed E-state index contributed by atoms with van der Waals surface area (Å²) in [5.41, 5.74) is 1.29. The first-order valence-electron chi connectivity index (χ1n) is 11.6. The molecule has 0 spiro atoms. The summed E-state index contributed by atoms with van der Waals surface area (Å²) in [6.45, 7) is 13.2. The number of hydrogen-bond donors (Lipinski definition) is 1. The molecular weight excluding hydrogens is 458 g/mol. The number of ether oxygens (including phenoxy) is 2. The van der Waals surface area contributed by atoms with Crippen LogP contribution in [0.2, 0.25) is 0 Å². The van der Waals surface area contributed by atoms with Crippen LogP contribution in [0, 0.1) is 0 Å². The van der Waals surface area contributed by atoms with Crippen LogP contribution in [0.15, 0.2) is 71.7 Å². The van der Waals surface area contributed by atoms with Crippen LogP contribution < -0.4 is 5.32 Å². The van der Waals surface area contributed by atoms with Gasteiger partial charge in [0.15, 0.2) is 0 Å². The first kappa shape index (κ1) is 28.3. The molecule has 0 fully saturated rings. The number of carbonyl (C=O) groups excluding carboxylic acids is 3. The minimum Gasteiger partial charge on any atom is -0.465 e. The molecule has 0 radical (unpaired) electrons. The lowest BCUT2D eigenvalue weighted by Gasteiger charge is -2.35. The van der Waals surface area contributed by atoms with E-state index in [1.807, 2.05) is 44.2 Å². The molecule has 8 nitrogen and oxygen atoms in total. The van der Waals surface area contributed by atoms with Crippen LogP contribution in [-0.4, -0.2) is 42.0 Å². The molecule has 192 valence electrons. The van der Waals surface area contributed by atoms with Crippen molar-refractivity contribution in [3.63, 3.8) is 0 Å². The van der Waals surface area contributed by atoms with Crippen molar-refractivity contribution in [1.29, 1.82) is 0 Å². The first-order valence-corrected chi connectivity index (χ1v) is 11.6. The van der Waals surface area contributed by atoms with Gasteiger partial charge in [0.2, 0.25) is 12.4 Å². The predicted molar refractivity (Wildman–Crippen MR) is 139 cm³/mol. The van der Waals surface area contributed by atoms with E-state index in [0.717, 1.165) is 11.1 Å². The van der Waals surface area contributed by atoms with Crippen LogP contribution in [0.25, 0.3) is 0 Å². The number of aliphatic imine (C=N–C) groups is 1. The Bertz CT molecular complexity index is 1120. The summed E-state index contributed by atoms with van der Waals surface area (Å²) in [4.78, 5) is 42.4. The van der Waals surface area contributed by atoms with Crippen molar-refractivity contribution < 1.29 is 23.9 Å². The molecule has 0 heterocycles. The lowest BCUT2D eigenvalue weighted by Crippen LogP contribution is -2.51. The molecule has 1 N–H and O–H groups in total. The minimum atomic E-state index is -0.842. The van der Waals surface area contributed by atoms with Crippen LogP contribution in [0.3, 0.4) is 0 Å². The maximum Gasteiger partial charge on any atom is 0.437 e. The average molecular weight is 494 g/mol. The smallest absolute Gasteiger partial charge is 0.437 e. The number of esters is 1. The molecule has 0 aliphatic carbocycles. The van der Waals surface area contributed by atoms with Crippen molar-refractivity contribution in [2.45, 2.75) is 58.7 Å². The van der Waals surface area contributed by atoms with Crippen molar-refractivity contribution in [2.75, 3.05) is 7.11 Å². The van der Waals surface area contributed by atoms with Gasteiger partial charge in [0.1, 0.15) is 5.60 Å². The van der Waals surface area contributed by atoms with Gasteiger partial charge < -0.3 is 14.8 Å². The van der Waals surface area contributed by atoms with Gasteiger partial charge in [-0.2, -0.15) is 0 Å². The summed E-state index contributed by atoms with van der Waals surface area (Å²) >= 11 is 0. The van der Waals surface area contributed by atoms with Gasteiger partial charge in [-0.05, 0) is 64.3 Å². The molecule has 0 saturated heterocycles. The van der Waals surface area contributed by atoms with Gasteiger partial charge in [-0.25, -0.2) is 9.59 Å². The lowest BCUT2D eigenvalue weighted by atomic mass is 9.86. The van der Waals surface area contributed by atoms with E-state index in [4.69, 9.17) is 9.47 Å². The molecule has 2 rings (SSSR count). The summed E-state index contributed by atoms with van der Waals surface area (Å²) in [6.07, 6.45) is 0.244. The second kappa shape index (κ2) is 12.2. The van der Waals surface area contributed by atoms with Crippen molar-refractivity contribution in [3.05, 3.63) is 83.4 Å². The molecule has 36 heavy (non-hydrogen) atoms. The van der Waals surface area contributed by atoms with Gasteiger partial charge in [0, 0.05) is 0 Å². The van der Waals surface area contributed by atoms with Crippen molar-refractivity contribution in [3.8, 4) is 0 Å². The summed E-state index contributed by atoms with van der Waals surface area (Å²) in [6, 6.07) is 16.3. The number of methoxy groups -OCH3 is 1. The summed E-state index contributed by atoms with van der Waals surface area (Å²) in [5.74, 6) is -0.483. The van der Waals surface area contributed by atoms with E-state index in [9.17, 15) is 14.4 Å². The zero-order valence-corrected chi connectivity index (χ0v) is 21.8. The zero-order chi connectivity index (χ0) is 26.9. The summed E-state index contributed by atoms with van der Waals surface area (Å²) in [5, 5.41) is 3.31. The molecule has 1 atom stereocenters. The SMILES string of the molecule is C=C(C)CC(C)(NC(=NC(=O)OC(C)(C)C)N(C=O)Cc1cccc(C(=O)OC)c1)c1ccccc1. The number of nitrogens with zero attached hydrogens (tertiary/aromatic N) is 2. The lowest BCUT2D eigenvalue weighted by molar-refractivity contribution is -0.115. The predicted octanol–water partition coefficient (Wildman–Crippen LogP) is 5.19. The van der Waals surface area contributed by atoms with Crippen LogP contribution >= 0.6 is 0 Å². The van der Waals surface area contributed by atoms with E-state index in [-0.39, 0.29) is 12.5 Å². The summed E-state index contributed by atoms with van der Waals surface area (Å²) < 4.78 is 10.2. The fourth-order valence-corrected chi connectivity index (χ4v) is 3.68. The number of nitrogens with one attached hydrogen (secondary N) is 1. The number of guanidine groups is 1. The highest BCUT2D eigenvalue weighted by atomic mass is 16.6. The fraction of sp³-hybridized carbons (Fsp3) is 0.357. The van der Waals surface area contributed by atoms with Crippen molar-refractivity contribution >= 4 is 24.4 Å². The Balaban J connectivity index is 2.52. The molecule has 1 unspecified atom stereocenters. The zero-order valence-electron chi connectivity index (χ0n) is 21.8. The fourth-order valence-electron chi connectivity index (χ4n) is 3.68. The maximum atomic E-state index is 12.7. The van der Waals surface area contributed by atoms with E-state index in [0.29, 0.717) is 24.0 Å². The first-order chi connectivity index (χ1) is 16.9. The number of amides is 2. The Hall–Kier alpha value is -3.94. The van der Waals surface area contributed by atoms with Gasteiger partial charge in [-0.3, -0.25) is 9.69 Å². The topological polar surface area (TPSA) is 97.3 Å². The molecule has 0 aliphatic rings. The van der Waals surface area contributed by atoms with Gasteiger partial charge >= 0.3 is 12.1 Å². The highest BCUT2D eigenvalue weighted by Crippen LogP contribution is 2.28. The molecular formula is C28H35N3O5. The highest BCUT2D eigenvalue weighted by Gasteiger charge is 2.31. The minimum absolute atomic E-state index is 0.00956. The van der Waals surface area contributed by atoms with E-state index in [2.05, 4.69) is 16.9 Å². The maximum absolute atomic E-state index is 12.7. The van der Waals surface area contributed by atoms with Gasteiger partial charge in [-0.15, -0.1) is 11.6 Å². The van der Waals surface area contributed by atoms with Crippen molar-refractivity contribution in [1.82, 2.24) is 10.2 Å². The molecule has 0 aromatic heterocycles. The largest absolute Gasteiger partial charge is 0.465 e. The molecule has 2 amide bonds. The molecule has 0 saturated carbocycles. The van der Waals surface area contributed by atoms with Crippen LogP contribution in [0.5, 0.6) is 0 Å². The number of carbonyl (C=O) groups is 3. The molecule has 2 aromatic carbocycles. The standard InChI is InChI=1S/C28H35N3O5/c1-20(2)17-28(6,23-14-9-8-10-15-23)30-25(29-26(34)36-27(3,4)5)31(19-32)18-21-12-11-13-22(16-21)24(33)35-7/h8-16,19H,1,17-18H2,2-7H3,(H,29,30,34). The second-order valence-corrected chi connectivity index (χ2v) is 9.80. The van der Waals surface area contributed by atoms with Crippen LogP contribution in [-0.2, 0) is 26.4 Å². The third-order valence-corrected chi connectivity index (χ3v) is 5.14. The molecule has 2 aromatic rings. The quantitative estimate of drug-likeness (QED) is 0.179. The van der Waals surface area contributed by atoms with Gasteiger partial charge in [-0.1, -0.05) is 48.0 Å². The highest BCUT2D eigenvalue weighted by molar-refractivity contribution is 5.96. The Labute approximate surface area is 213 Å². The van der Waals surface area contributed by atoms with E-state index < -0.39 is 23.2 Å². The number of hydrogen-bond acceptors (Lipinski definition) is 5. The summed E-state index contributed by atoms with van der Waals surface area (Å²) in [7, 11) is 1.30. The Morgan fingerprint density at radius 3 is 2.31 bits per heavy atom.